The monoisotopic (exact) mass is 287 g/mol. The molecule has 0 atom stereocenters. The Kier molecular flexibility index (Phi) is 4.15. The number of nitrogens with one attached hydrogen (secondary N) is 1. The molecule has 0 spiro atoms. The lowest BCUT2D eigenvalue weighted by atomic mass is 10.0. The molecule has 0 heterocycles. The number of rotatable bonds is 2. The fraction of sp³-hybridized carbons (Fsp3) is 0.235. The van der Waals surface area contributed by atoms with Gasteiger partial charge in [-0.1, -0.05) is 35.9 Å². The van der Waals surface area contributed by atoms with Crippen molar-refractivity contribution in [3.63, 3.8) is 0 Å². The molecule has 3 heteroatoms. The Balaban J connectivity index is 2.18. The summed E-state index contributed by atoms with van der Waals surface area (Å²) < 4.78 is 0. The Bertz CT molecular complexity index is 594. The van der Waals surface area contributed by atoms with E-state index in [0.717, 1.165) is 16.1 Å². The Morgan fingerprint density at radius 1 is 0.900 bits per heavy atom. The lowest BCUT2D eigenvalue weighted by Crippen LogP contribution is -2.40. The van der Waals surface area contributed by atoms with Crippen molar-refractivity contribution in [1.29, 1.82) is 0 Å². The van der Waals surface area contributed by atoms with Crippen LogP contribution in [0.3, 0.4) is 0 Å². The van der Waals surface area contributed by atoms with Gasteiger partial charge in [0.2, 0.25) is 0 Å². The largest absolute Gasteiger partial charge is 0.347 e. The highest BCUT2D eigenvalue weighted by Gasteiger charge is 2.14. The molecular formula is C17H18ClNO. The molecule has 1 amide bonds. The van der Waals surface area contributed by atoms with Crippen LogP contribution < -0.4 is 5.32 Å². The van der Waals surface area contributed by atoms with Crippen molar-refractivity contribution in [1.82, 2.24) is 5.32 Å². The molecule has 104 valence electrons. The van der Waals surface area contributed by atoms with Gasteiger partial charge in [0, 0.05) is 16.1 Å². The zero-order chi connectivity index (χ0) is 14.8. The second-order valence-electron chi connectivity index (χ2n) is 5.79. The standard InChI is InChI=1S/C17H18ClNO/c1-17(2,3)19-16(20)14-6-4-12(5-7-14)13-8-10-15(18)11-9-13/h4-11H,1-3H3,(H,19,20). The minimum absolute atomic E-state index is 0.0554. The summed E-state index contributed by atoms with van der Waals surface area (Å²) in [6.07, 6.45) is 0. The van der Waals surface area contributed by atoms with Gasteiger partial charge in [0.05, 0.1) is 0 Å². The minimum atomic E-state index is -0.230. The summed E-state index contributed by atoms with van der Waals surface area (Å²) in [5.41, 5.74) is 2.58. The molecule has 2 aromatic rings. The van der Waals surface area contributed by atoms with Crippen molar-refractivity contribution in [2.75, 3.05) is 0 Å². The molecule has 1 N–H and O–H groups in total. The van der Waals surface area contributed by atoms with Crippen molar-refractivity contribution in [3.8, 4) is 11.1 Å². The van der Waals surface area contributed by atoms with E-state index in [-0.39, 0.29) is 11.4 Å². The van der Waals surface area contributed by atoms with Crippen molar-refractivity contribution in [2.24, 2.45) is 0 Å². The first-order valence-electron chi connectivity index (χ1n) is 6.54. The molecule has 0 saturated carbocycles. The summed E-state index contributed by atoms with van der Waals surface area (Å²) in [5.74, 6) is -0.0554. The summed E-state index contributed by atoms with van der Waals surface area (Å²) in [4.78, 5) is 12.0. The second kappa shape index (κ2) is 5.68. The predicted octanol–water partition coefficient (Wildman–Crippen LogP) is 4.54. The van der Waals surface area contributed by atoms with Gasteiger partial charge in [0.15, 0.2) is 0 Å². The first-order chi connectivity index (χ1) is 9.35. The van der Waals surface area contributed by atoms with E-state index in [9.17, 15) is 4.79 Å². The zero-order valence-electron chi connectivity index (χ0n) is 11.9. The first kappa shape index (κ1) is 14.6. The molecule has 0 fully saturated rings. The highest BCUT2D eigenvalue weighted by atomic mass is 35.5. The molecule has 0 bridgehead atoms. The van der Waals surface area contributed by atoms with Crippen LogP contribution in [0.15, 0.2) is 48.5 Å². The minimum Gasteiger partial charge on any atom is -0.347 e. The highest BCUT2D eigenvalue weighted by Crippen LogP contribution is 2.22. The topological polar surface area (TPSA) is 29.1 Å². The third-order valence-electron chi connectivity index (χ3n) is 2.81. The van der Waals surface area contributed by atoms with E-state index < -0.39 is 0 Å². The number of amides is 1. The molecule has 2 aromatic carbocycles. The Morgan fingerprint density at radius 2 is 1.35 bits per heavy atom. The van der Waals surface area contributed by atoms with E-state index in [1.54, 1.807) is 0 Å². The van der Waals surface area contributed by atoms with Crippen molar-refractivity contribution >= 4 is 17.5 Å². The molecule has 2 rings (SSSR count). The van der Waals surface area contributed by atoms with E-state index in [0.29, 0.717) is 5.56 Å². The summed E-state index contributed by atoms with van der Waals surface area (Å²) in [7, 11) is 0. The van der Waals surface area contributed by atoms with Crippen molar-refractivity contribution in [3.05, 3.63) is 59.1 Å². The van der Waals surface area contributed by atoms with E-state index in [1.807, 2.05) is 69.3 Å². The van der Waals surface area contributed by atoms with Gasteiger partial charge in [0.25, 0.3) is 5.91 Å². The molecule has 0 saturated heterocycles. The van der Waals surface area contributed by atoms with Crippen LogP contribution in [0.4, 0.5) is 0 Å². The molecule has 20 heavy (non-hydrogen) atoms. The maximum absolute atomic E-state index is 12.0. The Morgan fingerprint density at radius 3 is 1.80 bits per heavy atom. The van der Waals surface area contributed by atoms with Crippen LogP contribution in [0.25, 0.3) is 11.1 Å². The van der Waals surface area contributed by atoms with Gasteiger partial charge in [-0.3, -0.25) is 4.79 Å². The molecule has 0 radical (unpaired) electrons. The number of carbonyl (C=O) groups excluding carboxylic acids is 1. The smallest absolute Gasteiger partial charge is 0.251 e. The number of hydrogen-bond acceptors (Lipinski definition) is 1. The second-order valence-corrected chi connectivity index (χ2v) is 6.22. The molecule has 0 aliphatic heterocycles. The van der Waals surface area contributed by atoms with Crippen LogP contribution in [-0.2, 0) is 0 Å². The van der Waals surface area contributed by atoms with E-state index in [4.69, 9.17) is 11.6 Å². The molecule has 0 aliphatic carbocycles. The number of hydrogen-bond donors (Lipinski definition) is 1. The van der Waals surface area contributed by atoms with Crippen LogP contribution in [-0.4, -0.2) is 11.4 Å². The van der Waals surface area contributed by atoms with Gasteiger partial charge < -0.3 is 5.32 Å². The summed E-state index contributed by atoms with van der Waals surface area (Å²) in [6.45, 7) is 5.90. The lowest BCUT2D eigenvalue weighted by molar-refractivity contribution is 0.0919. The normalized spacial score (nSPS) is 11.2. The first-order valence-corrected chi connectivity index (χ1v) is 6.91. The Hall–Kier alpha value is -1.80. The predicted molar refractivity (Wildman–Crippen MR) is 84.1 cm³/mol. The van der Waals surface area contributed by atoms with Crippen LogP contribution in [0.2, 0.25) is 5.02 Å². The van der Waals surface area contributed by atoms with Crippen LogP contribution in [0.1, 0.15) is 31.1 Å². The van der Waals surface area contributed by atoms with Crippen LogP contribution >= 0.6 is 11.6 Å². The van der Waals surface area contributed by atoms with Gasteiger partial charge in [0.1, 0.15) is 0 Å². The van der Waals surface area contributed by atoms with Gasteiger partial charge >= 0.3 is 0 Å². The SMILES string of the molecule is CC(C)(C)NC(=O)c1ccc(-c2ccc(Cl)cc2)cc1. The van der Waals surface area contributed by atoms with E-state index in [1.165, 1.54) is 0 Å². The third-order valence-corrected chi connectivity index (χ3v) is 3.07. The number of benzene rings is 2. The van der Waals surface area contributed by atoms with Gasteiger partial charge in [-0.15, -0.1) is 0 Å². The molecule has 0 unspecified atom stereocenters. The maximum Gasteiger partial charge on any atom is 0.251 e. The van der Waals surface area contributed by atoms with Gasteiger partial charge in [-0.2, -0.15) is 0 Å². The summed E-state index contributed by atoms with van der Waals surface area (Å²) in [6, 6.07) is 15.2. The lowest BCUT2D eigenvalue weighted by Gasteiger charge is -2.20. The van der Waals surface area contributed by atoms with Crippen molar-refractivity contribution in [2.45, 2.75) is 26.3 Å². The fourth-order valence-electron chi connectivity index (χ4n) is 1.87. The molecular weight excluding hydrogens is 270 g/mol. The third kappa shape index (κ3) is 3.84. The number of carbonyl (C=O) groups is 1. The average Bonchev–Trinajstić information content (AvgIpc) is 2.38. The average molecular weight is 288 g/mol. The molecule has 0 aromatic heterocycles. The zero-order valence-corrected chi connectivity index (χ0v) is 12.7. The summed E-state index contributed by atoms with van der Waals surface area (Å²) in [5, 5.41) is 3.66. The fourth-order valence-corrected chi connectivity index (χ4v) is 2.00. The Labute approximate surface area is 124 Å². The quantitative estimate of drug-likeness (QED) is 0.863. The van der Waals surface area contributed by atoms with Gasteiger partial charge in [-0.25, -0.2) is 0 Å². The number of halogens is 1. The van der Waals surface area contributed by atoms with Crippen molar-refractivity contribution < 1.29 is 4.79 Å². The highest BCUT2D eigenvalue weighted by molar-refractivity contribution is 6.30. The van der Waals surface area contributed by atoms with Crippen LogP contribution in [0, 0.1) is 0 Å². The maximum atomic E-state index is 12.0. The van der Waals surface area contributed by atoms with E-state index in [2.05, 4.69) is 5.32 Å². The van der Waals surface area contributed by atoms with Crippen LogP contribution in [0.5, 0.6) is 0 Å². The summed E-state index contributed by atoms with van der Waals surface area (Å²) >= 11 is 5.87. The molecule has 0 aliphatic rings. The van der Waals surface area contributed by atoms with E-state index >= 15 is 0 Å². The molecule has 2 nitrogen and oxygen atoms in total. The van der Waals surface area contributed by atoms with Gasteiger partial charge in [-0.05, 0) is 56.2 Å².